The lowest BCUT2D eigenvalue weighted by molar-refractivity contribution is 0.602. The average Bonchev–Trinajstić information content (AvgIpc) is 2.55. The van der Waals surface area contributed by atoms with Gasteiger partial charge in [0.05, 0.1) is 24.6 Å². The van der Waals surface area contributed by atoms with E-state index in [9.17, 15) is 0 Å². The highest BCUT2D eigenvalue weighted by Gasteiger charge is 2.34. The first-order chi connectivity index (χ1) is 10.7. The van der Waals surface area contributed by atoms with E-state index in [1.54, 1.807) is 24.6 Å². The van der Waals surface area contributed by atoms with Crippen LogP contribution in [0.15, 0.2) is 0 Å². The van der Waals surface area contributed by atoms with E-state index in [2.05, 4.69) is 27.7 Å². The molecule has 0 aromatic rings. The third-order valence-electron chi connectivity index (χ3n) is 5.19. The molecule has 0 spiro atoms. The van der Waals surface area contributed by atoms with Crippen molar-refractivity contribution in [2.75, 3.05) is 24.6 Å². The van der Waals surface area contributed by atoms with Crippen molar-refractivity contribution in [2.24, 2.45) is 0 Å². The summed E-state index contributed by atoms with van der Waals surface area (Å²) in [4.78, 5) is 0. The summed E-state index contributed by atoms with van der Waals surface area (Å²) in [6.07, 6.45) is 25.5. The molecule has 0 fully saturated rings. The lowest BCUT2D eigenvalue weighted by atomic mass is 10.1. The molecule has 0 N–H and O–H groups in total. The van der Waals surface area contributed by atoms with Gasteiger partial charge >= 0.3 is 0 Å². The van der Waals surface area contributed by atoms with Gasteiger partial charge in [0.2, 0.25) is 0 Å². The summed E-state index contributed by atoms with van der Waals surface area (Å²) < 4.78 is 0. The molecule has 0 radical (unpaired) electrons. The first-order valence-corrected chi connectivity index (χ1v) is 13.1. The van der Waals surface area contributed by atoms with Crippen LogP contribution in [0.4, 0.5) is 0 Å². The topological polar surface area (TPSA) is 0 Å². The molecule has 0 aliphatic carbocycles. The largest absolute Gasteiger partial charge is 0.0654 e. The molecule has 0 unspecified atom stereocenters. The summed E-state index contributed by atoms with van der Waals surface area (Å²) in [6.45, 7) is 9.44. The summed E-state index contributed by atoms with van der Waals surface area (Å²) in [5.41, 5.74) is 0. The van der Waals surface area contributed by atoms with Crippen LogP contribution in [0.3, 0.4) is 0 Å². The number of unbranched alkanes of at least 4 members (excludes halogenated alkanes) is 9. The summed E-state index contributed by atoms with van der Waals surface area (Å²) in [5, 5.41) is 0. The highest BCUT2D eigenvalue weighted by atomic mass is 31.2. The Morgan fingerprint density at radius 2 is 0.682 bits per heavy atom. The summed E-state index contributed by atoms with van der Waals surface area (Å²) >= 11 is 0. The zero-order valence-corrected chi connectivity index (χ0v) is 17.4. The molecule has 0 atom stereocenters. The van der Waals surface area contributed by atoms with E-state index < -0.39 is 7.26 Å². The normalized spacial score (nSPS) is 12.0. The molecule has 0 amide bonds. The van der Waals surface area contributed by atoms with Gasteiger partial charge in [-0.1, -0.05) is 79.1 Å². The minimum absolute atomic E-state index is 0.607. The molecule has 134 valence electrons. The van der Waals surface area contributed by atoms with Crippen LogP contribution in [0.1, 0.15) is 111 Å². The Morgan fingerprint density at radius 3 is 1.09 bits per heavy atom. The molecule has 0 bridgehead atoms. The quantitative estimate of drug-likeness (QED) is 0.186. The Kier molecular flexibility index (Phi) is 16.6. The van der Waals surface area contributed by atoms with Gasteiger partial charge in [-0.2, -0.15) is 0 Å². The van der Waals surface area contributed by atoms with Gasteiger partial charge in [-0.15, -0.1) is 0 Å². The lowest BCUT2D eigenvalue weighted by Gasteiger charge is -2.28. The molecule has 0 aromatic heterocycles. The third-order valence-corrected chi connectivity index (χ3v) is 10.3. The molecule has 0 nitrogen and oxygen atoms in total. The minimum atomic E-state index is -0.607. The van der Waals surface area contributed by atoms with Gasteiger partial charge in [0.1, 0.15) is 0 Å². The predicted molar refractivity (Wildman–Crippen MR) is 109 cm³/mol. The summed E-state index contributed by atoms with van der Waals surface area (Å²) in [7, 11) is -0.607. The number of hydrogen-bond donors (Lipinski definition) is 0. The van der Waals surface area contributed by atoms with Crippen LogP contribution < -0.4 is 0 Å². The second-order valence-corrected chi connectivity index (χ2v) is 11.9. The molecule has 0 aliphatic heterocycles. The van der Waals surface area contributed by atoms with Crippen molar-refractivity contribution < 1.29 is 0 Å². The van der Waals surface area contributed by atoms with Gasteiger partial charge in [0.25, 0.3) is 0 Å². The van der Waals surface area contributed by atoms with Gasteiger partial charge in [-0.3, -0.25) is 0 Å². The zero-order valence-electron chi connectivity index (χ0n) is 16.5. The summed E-state index contributed by atoms with van der Waals surface area (Å²) in [5.74, 6) is 0. The molecule has 22 heavy (non-hydrogen) atoms. The van der Waals surface area contributed by atoms with E-state index >= 15 is 0 Å². The van der Waals surface area contributed by atoms with Crippen LogP contribution in [0.2, 0.25) is 0 Å². The molecular formula is C21H46P+. The van der Waals surface area contributed by atoms with Crippen LogP contribution in [0.5, 0.6) is 0 Å². The molecule has 0 heterocycles. The van der Waals surface area contributed by atoms with Crippen LogP contribution in [0, 0.1) is 0 Å². The molecule has 1 heteroatoms. The Morgan fingerprint density at radius 1 is 0.364 bits per heavy atom. The van der Waals surface area contributed by atoms with Gasteiger partial charge in [-0.05, 0) is 32.1 Å². The van der Waals surface area contributed by atoms with E-state index in [0.717, 1.165) is 0 Å². The molecule has 0 saturated heterocycles. The fourth-order valence-electron chi connectivity index (χ4n) is 3.56. The number of hydrogen-bond acceptors (Lipinski definition) is 0. The van der Waals surface area contributed by atoms with E-state index in [0.29, 0.717) is 0 Å². The van der Waals surface area contributed by atoms with Crippen LogP contribution in [-0.2, 0) is 0 Å². The van der Waals surface area contributed by atoms with E-state index in [1.165, 1.54) is 83.5 Å². The fraction of sp³-hybridized carbons (Fsp3) is 1.00. The fourth-order valence-corrected chi connectivity index (χ4v) is 8.75. The highest BCUT2D eigenvalue weighted by molar-refractivity contribution is 7.75. The van der Waals surface area contributed by atoms with Gasteiger partial charge < -0.3 is 0 Å². The first kappa shape index (κ1) is 22.4. The Bertz CT molecular complexity index is 190. The van der Waals surface area contributed by atoms with Crippen molar-refractivity contribution in [3.8, 4) is 0 Å². The maximum absolute atomic E-state index is 2.38. The van der Waals surface area contributed by atoms with E-state index in [4.69, 9.17) is 0 Å². The molecule has 0 aromatic carbocycles. The van der Waals surface area contributed by atoms with Crippen LogP contribution in [0.25, 0.3) is 0 Å². The van der Waals surface area contributed by atoms with Crippen molar-refractivity contribution in [2.45, 2.75) is 111 Å². The molecule has 0 rings (SSSR count). The van der Waals surface area contributed by atoms with E-state index in [-0.39, 0.29) is 0 Å². The Labute approximate surface area is 143 Å². The Hall–Kier alpha value is 0.430. The highest BCUT2D eigenvalue weighted by Crippen LogP contribution is 2.61. The van der Waals surface area contributed by atoms with Crippen molar-refractivity contribution in [3.05, 3.63) is 0 Å². The van der Waals surface area contributed by atoms with Crippen LogP contribution >= 0.6 is 7.26 Å². The smallest absolute Gasteiger partial charge is 0.0594 e. The molecule has 0 aliphatic rings. The third kappa shape index (κ3) is 11.9. The van der Waals surface area contributed by atoms with Gasteiger partial charge in [0, 0.05) is 7.26 Å². The SMILES string of the molecule is CCCCCCCCC[P+](CCCC)(CCCC)CCCC. The van der Waals surface area contributed by atoms with Gasteiger partial charge in [0.15, 0.2) is 0 Å². The minimum Gasteiger partial charge on any atom is -0.0654 e. The van der Waals surface area contributed by atoms with E-state index in [1.807, 2.05) is 0 Å². The molecule has 0 saturated carbocycles. The predicted octanol–water partition coefficient (Wildman–Crippen LogP) is 8.15. The first-order valence-electron chi connectivity index (χ1n) is 10.6. The number of rotatable bonds is 17. The second kappa shape index (κ2) is 16.3. The van der Waals surface area contributed by atoms with Crippen molar-refractivity contribution in [3.63, 3.8) is 0 Å². The van der Waals surface area contributed by atoms with Crippen molar-refractivity contribution >= 4 is 7.26 Å². The maximum atomic E-state index is 2.38. The maximum Gasteiger partial charge on any atom is 0.0594 e. The van der Waals surface area contributed by atoms with Crippen LogP contribution in [-0.4, -0.2) is 24.6 Å². The average molecular weight is 330 g/mol. The standard InChI is InChI=1S/C21H46P/c1-5-9-13-14-15-16-17-21-22(18-10-6-2,19-11-7-3)20-12-8-4/h5-21H2,1-4H3/q+1. The molecular weight excluding hydrogens is 283 g/mol. The van der Waals surface area contributed by atoms with Crippen molar-refractivity contribution in [1.82, 2.24) is 0 Å². The lowest BCUT2D eigenvalue weighted by Crippen LogP contribution is -2.13. The van der Waals surface area contributed by atoms with Gasteiger partial charge in [-0.25, -0.2) is 0 Å². The van der Waals surface area contributed by atoms with Crippen molar-refractivity contribution in [1.29, 1.82) is 0 Å². The Balaban J connectivity index is 4.21. The monoisotopic (exact) mass is 329 g/mol. The second-order valence-electron chi connectivity index (χ2n) is 7.42. The summed E-state index contributed by atoms with van der Waals surface area (Å²) in [6, 6.07) is 0. The zero-order chi connectivity index (χ0) is 16.5.